The Morgan fingerprint density at radius 3 is 2.68 bits per heavy atom. The molecule has 1 N–H and O–H groups in total. The summed E-state index contributed by atoms with van der Waals surface area (Å²) in [5.41, 5.74) is 1.27. The number of aromatic nitrogens is 3. The van der Waals surface area contributed by atoms with Crippen LogP contribution in [-0.2, 0) is 18.0 Å². The van der Waals surface area contributed by atoms with Crippen molar-refractivity contribution in [1.29, 1.82) is 0 Å². The first kappa shape index (κ1) is 23.3. The van der Waals surface area contributed by atoms with Crippen molar-refractivity contribution < 1.29 is 17.9 Å². The third kappa shape index (κ3) is 4.59. The minimum atomic E-state index is -4.29. The van der Waals surface area contributed by atoms with Crippen LogP contribution in [0.15, 0.2) is 35.1 Å². The smallest absolute Gasteiger partial charge is 0.416 e. The molecule has 11 heteroatoms. The second-order valence-corrected chi connectivity index (χ2v) is 10.2. The van der Waals surface area contributed by atoms with Gasteiger partial charge in [-0.15, -0.1) is 10.2 Å². The fourth-order valence-corrected chi connectivity index (χ4v) is 5.96. The Hall–Kier alpha value is -2.40. The molecule has 2 atom stereocenters. The number of thioether (sulfide) groups is 1. The fourth-order valence-electron chi connectivity index (χ4n) is 5.12. The summed E-state index contributed by atoms with van der Waals surface area (Å²) in [5, 5.41) is 12.6. The molecule has 2 aromatic rings. The van der Waals surface area contributed by atoms with E-state index in [0.717, 1.165) is 72.9 Å². The molecule has 1 aromatic heterocycles. The Bertz CT molecular complexity index is 1050. The van der Waals surface area contributed by atoms with Crippen LogP contribution in [0.1, 0.15) is 31.2 Å². The highest BCUT2D eigenvalue weighted by molar-refractivity contribution is 7.99. The molecule has 5 rings (SSSR count). The maximum Gasteiger partial charge on any atom is 0.416 e. The number of rotatable bonds is 7. The predicted molar refractivity (Wildman–Crippen MR) is 125 cm³/mol. The summed E-state index contributed by atoms with van der Waals surface area (Å²) in [4.78, 5) is 4.78. The van der Waals surface area contributed by atoms with E-state index in [1.807, 2.05) is 18.5 Å². The van der Waals surface area contributed by atoms with E-state index in [2.05, 4.69) is 25.3 Å². The minimum absolute atomic E-state index is 0.377. The number of anilines is 1. The number of likely N-dealkylation sites (tertiary alicyclic amines) is 1. The van der Waals surface area contributed by atoms with Gasteiger partial charge in [-0.05, 0) is 56.5 Å². The second kappa shape index (κ2) is 9.33. The number of hydrogen-bond acceptors (Lipinski definition) is 7. The van der Waals surface area contributed by atoms with Gasteiger partial charge in [0.25, 0.3) is 0 Å². The van der Waals surface area contributed by atoms with Crippen molar-refractivity contribution in [1.82, 2.24) is 25.0 Å². The first-order valence-electron chi connectivity index (χ1n) is 11.6. The lowest BCUT2D eigenvalue weighted by Gasteiger charge is -2.27. The zero-order chi connectivity index (χ0) is 23.9. The molecule has 0 amide bonds. The van der Waals surface area contributed by atoms with E-state index in [1.54, 1.807) is 23.9 Å². The van der Waals surface area contributed by atoms with Gasteiger partial charge in [-0.1, -0.05) is 11.8 Å². The SMILES string of the molecule is CC1=C(c2nnc(SCCCN3C[C@@H]4CCN(c5ccc(C(F)(F)F)cc5)[C@@H]4C3)n2C)OCN1. The number of alkyl halides is 3. The number of fused-ring (bicyclic) bond motifs is 1. The van der Waals surface area contributed by atoms with Gasteiger partial charge in [0.1, 0.15) is 0 Å². The maximum absolute atomic E-state index is 12.9. The molecule has 0 radical (unpaired) electrons. The Kier molecular flexibility index (Phi) is 6.41. The molecule has 2 saturated heterocycles. The van der Waals surface area contributed by atoms with E-state index in [0.29, 0.717) is 18.7 Å². The number of allylic oxidation sites excluding steroid dienone is 1. The van der Waals surface area contributed by atoms with Gasteiger partial charge in [0.2, 0.25) is 5.82 Å². The minimum Gasteiger partial charge on any atom is -0.468 e. The summed E-state index contributed by atoms with van der Waals surface area (Å²) in [6.45, 7) is 6.36. The van der Waals surface area contributed by atoms with Gasteiger partial charge in [-0.25, -0.2) is 0 Å². The van der Waals surface area contributed by atoms with Crippen molar-refractivity contribution in [2.24, 2.45) is 13.0 Å². The molecule has 7 nitrogen and oxygen atoms in total. The summed E-state index contributed by atoms with van der Waals surface area (Å²) in [7, 11) is 1.96. The van der Waals surface area contributed by atoms with Gasteiger partial charge < -0.3 is 24.4 Å². The molecule has 4 heterocycles. The summed E-state index contributed by atoms with van der Waals surface area (Å²) >= 11 is 1.70. The quantitative estimate of drug-likeness (QED) is 0.464. The van der Waals surface area contributed by atoms with Gasteiger partial charge in [0, 0.05) is 44.2 Å². The second-order valence-electron chi connectivity index (χ2n) is 9.10. The summed E-state index contributed by atoms with van der Waals surface area (Å²) < 4.78 is 46.2. The highest BCUT2D eigenvalue weighted by Crippen LogP contribution is 2.37. The lowest BCUT2D eigenvalue weighted by molar-refractivity contribution is -0.137. The van der Waals surface area contributed by atoms with E-state index in [1.165, 1.54) is 12.1 Å². The molecule has 2 fully saturated rings. The van der Waals surface area contributed by atoms with E-state index in [9.17, 15) is 13.2 Å². The Labute approximate surface area is 201 Å². The highest BCUT2D eigenvalue weighted by atomic mass is 32.2. The molecule has 184 valence electrons. The van der Waals surface area contributed by atoms with Gasteiger partial charge in [0.15, 0.2) is 17.6 Å². The average Bonchev–Trinajstić information content (AvgIpc) is 3.56. The number of nitrogens with one attached hydrogen (secondary N) is 1. The maximum atomic E-state index is 12.9. The van der Waals surface area contributed by atoms with Crippen LogP contribution in [0.2, 0.25) is 0 Å². The van der Waals surface area contributed by atoms with Crippen LogP contribution in [0.25, 0.3) is 5.76 Å². The summed E-state index contributed by atoms with van der Waals surface area (Å²) in [5.74, 6) is 3.01. The van der Waals surface area contributed by atoms with Crippen LogP contribution in [0.4, 0.5) is 18.9 Å². The van der Waals surface area contributed by atoms with Crippen molar-refractivity contribution >= 4 is 23.2 Å². The lowest BCUT2D eigenvalue weighted by Crippen LogP contribution is -2.35. The first-order valence-corrected chi connectivity index (χ1v) is 12.6. The molecule has 34 heavy (non-hydrogen) atoms. The number of halogens is 3. The molecule has 0 unspecified atom stereocenters. The summed E-state index contributed by atoms with van der Waals surface area (Å²) in [6, 6.07) is 5.99. The van der Waals surface area contributed by atoms with Crippen LogP contribution in [0.5, 0.6) is 0 Å². The van der Waals surface area contributed by atoms with Crippen LogP contribution >= 0.6 is 11.8 Å². The fraction of sp³-hybridized carbons (Fsp3) is 0.565. The van der Waals surface area contributed by atoms with Crippen LogP contribution in [-0.4, -0.2) is 64.4 Å². The van der Waals surface area contributed by atoms with Gasteiger partial charge >= 0.3 is 6.18 Å². The normalized spacial score (nSPS) is 22.9. The standard InChI is InChI=1S/C23H29F3N6OS/c1-15-20(33-14-27-15)21-28-29-22(30(21)2)34-11-3-9-31-12-16-8-10-32(19(16)13-31)18-6-4-17(5-7-18)23(24,25)26/h4-7,16,19,27H,3,8-14H2,1-2H3/t16-,19+/m0/s1. The Morgan fingerprint density at radius 1 is 1.18 bits per heavy atom. The van der Waals surface area contributed by atoms with E-state index < -0.39 is 11.7 Å². The monoisotopic (exact) mass is 494 g/mol. The van der Waals surface area contributed by atoms with Crippen molar-refractivity contribution in [3.63, 3.8) is 0 Å². The highest BCUT2D eigenvalue weighted by Gasteiger charge is 2.41. The molecule has 0 saturated carbocycles. The third-order valence-corrected chi connectivity index (χ3v) is 8.04. The number of benzene rings is 1. The number of ether oxygens (including phenoxy) is 1. The largest absolute Gasteiger partial charge is 0.468 e. The molecule has 0 bridgehead atoms. The molecular weight excluding hydrogens is 465 g/mol. The zero-order valence-corrected chi connectivity index (χ0v) is 20.1. The average molecular weight is 495 g/mol. The van der Waals surface area contributed by atoms with Crippen LogP contribution in [0.3, 0.4) is 0 Å². The van der Waals surface area contributed by atoms with Crippen molar-refractivity contribution in [3.05, 3.63) is 41.4 Å². The molecular formula is C23H29F3N6OS. The van der Waals surface area contributed by atoms with Crippen LogP contribution in [0, 0.1) is 5.92 Å². The van der Waals surface area contributed by atoms with E-state index >= 15 is 0 Å². The third-order valence-electron chi connectivity index (χ3n) is 6.93. The van der Waals surface area contributed by atoms with E-state index in [-0.39, 0.29) is 0 Å². The number of nitrogens with zero attached hydrogens (tertiary/aromatic N) is 5. The molecule has 3 aliphatic rings. The number of hydrogen-bond donors (Lipinski definition) is 1. The summed E-state index contributed by atoms with van der Waals surface area (Å²) in [6.07, 6.45) is -2.17. The first-order chi connectivity index (χ1) is 16.3. The molecule has 1 aromatic carbocycles. The Morgan fingerprint density at radius 2 is 1.97 bits per heavy atom. The van der Waals surface area contributed by atoms with Gasteiger partial charge in [-0.2, -0.15) is 13.2 Å². The van der Waals surface area contributed by atoms with Crippen molar-refractivity contribution in [3.8, 4) is 0 Å². The zero-order valence-electron chi connectivity index (χ0n) is 19.3. The predicted octanol–water partition coefficient (Wildman–Crippen LogP) is 3.79. The van der Waals surface area contributed by atoms with Gasteiger partial charge in [0.05, 0.1) is 11.3 Å². The van der Waals surface area contributed by atoms with Crippen molar-refractivity contribution in [2.45, 2.75) is 37.1 Å². The van der Waals surface area contributed by atoms with Gasteiger partial charge in [-0.3, -0.25) is 0 Å². The molecule has 3 aliphatic heterocycles. The molecule has 0 aliphatic carbocycles. The van der Waals surface area contributed by atoms with E-state index in [4.69, 9.17) is 4.74 Å². The van der Waals surface area contributed by atoms with Crippen molar-refractivity contribution in [2.75, 3.05) is 43.6 Å². The lowest BCUT2D eigenvalue weighted by atomic mass is 10.0. The molecule has 0 spiro atoms. The Balaban J connectivity index is 1.11. The van der Waals surface area contributed by atoms with Crippen LogP contribution < -0.4 is 10.2 Å². The topological polar surface area (TPSA) is 58.5 Å².